The van der Waals surface area contributed by atoms with Crippen molar-refractivity contribution in [3.63, 3.8) is 0 Å². The van der Waals surface area contributed by atoms with E-state index < -0.39 is 25.0 Å². The number of benzene rings is 1. The second-order valence-corrected chi connectivity index (χ2v) is 5.70. The van der Waals surface area contributed by atoms with Crippen LogP contribution in [0.25, 0.3) is 0 Å². The fraction of sp³-hybridized carbons (Fsp3) is 0.389. The number of aryl methyl sites for hydroxylation is 1. The first-order valence-corrected chi connectivity index (χ1v) is 7.87. The lowest BCUT2D eigenvalue weighted by molar-refractivity contribution is 0.00162. The molecule has 1 aromatic carbocycles. The lowest BCUT2D eigenvalue weighted by Crippen LogP contribution is -2.38. The van der Waals surface area contributed by atoms with Gasteiger partial charge in [0.1, 0.15) is 6.61 Å². The molecule has 0 saturated heterocycles. The normalized spacial score (nSPS) is 11.3. The first-order chi connectivity index (χ1) is 11.4. The van der Waals surface area contributed by atoms with Crippen LogP contribution < -0.4 is 5.32 Å². The number of rotatable bonds is 7. The van der Waals surface area contributed by atoms with Crippen LogP contribution in [-0.2, 0) is 31.2 Å². The summed E-state index contributed by atoms with van der Waals surface area (Å²) in [6, 6.07) is 10.8. The number of nitrogens with zero attached hydrogens (tertiary/aromatic N) is 1. The summed E-state index contributed by atoms with van der Waals surface area (Å²) in [5.41, 5.74) is 2.28. The van der Waals surface area contributed by atoms with Gasteiger partial charge in [0.15, 0.2) is 0 Å². The summed E-state index contributed by atoms with van der Waals surface area (Å²) >= 11 is 0. The summed E-state index contributed by atoms with van der Waals surface area (Å²) in [7, 11) is 1.83. The molecule has 0 bridgehead atoms. The molecule has 0 unspecified atom stereocenters. The number of amides is 1. The molecule has 0 aliphatic rings. The number of hydrogen-bond acceptors (Lipinski definition) is 2. The monoisotopic (exact) mass is 336 g/mol. The highest BCUT2D eigenvalue weighted by Crippen LogP contribution is 2.22. The number of alkyl carbamates (subject to hydrolysis) is 1. The summed E-state index contributed by atoms with van der Waals surface area (Å²) in [4.78, 5) is 11.6. The summed E-state index contributed by atoms with van der Waals surface area (Å²) in [5.74, 6) is -3.03. The zero-order chi connectivity index (χ0) is 17.6. The maximum atomic E-state index is 14.1. The van der Waals surface area contributed by atoms with E-state index in [1.54, 1.807) is 24.4 Å². The Bertz CT molecular complexity index is 669. The minimum absolute atomic E-state index is 0.0525. The Morgan fingerprint density at radius 2 is 1.96 bits per heavy atom. The fourth-order valence-corrected chi connectivity index (χ4v) is 2.57. The molecule has 1 heterocycles. The van der Waals surface area contributed by atoms with Gasteiger partial charge in [0, 0.05) is 25.4 Å². The molecule has 24 heavy (non-hydrogen) atoms. The van der Waals surface area contributed by atoms with E-state index in [0.29, 0.717) is 12.0 Å². The smallest absolute Gasteiger partial charge is 0.407 e. The quantitative estimate of drug-likeness (QED) is 0.838. The number of carbonyl (C=O) groups is 1. The van der Waals surface area contributed by atoms with Crippen LogP contribution >= 0.6 is 0 Å². The maximum Gasteiger partial charge on any atom is 0.407 e. The average Bonchev–Trinajstić information content (AvgIpc) is 2.91. The topological polar surface area (TPSA) is 43.3 Å². The zero-order valence-corrected chi connectivity index (χ0v) is 13.9. The molecule has 0 aliphatic carbocycles. The van der Waals surface area contributed by atoms with Crippen LogP contribution in [0.5, 0.6) is 0 Å². The molecule has 1 aromatic heterocycles. The molecule has 0 saturated carbocycles. The Morgan fingerprint density at radius 1 is 1.25 bits per heavy atom. The molecule has 2 rings (SSSR count). The zero-order valence-electron chi connectivity index (χ0n) is 13.9. The molecule has 4 nitrogen and oxygen atoms in total. The third-order valence-corrected chi connectivity index (χ3v) is 3.78. The van der Waals surface area contributed by atoms with Crippen molar-refractivity contribution in [2.24, 2.45) is 7.05 Å². The van der Waals surface area contributed by atoms with Crippen LogP contribution in [0, 0.1) is 0 Å². The van der Waals surface area contributed by atoms with E-state index in [0.717, 1.165) is 11.3 Å². The largest absolute Gasteiger partial charge is 0.445 e. The highest BCUT2D eigenvalue weighted by atomic mass is 19.3. The van der Waals surface area contributed by atoms with Gasteiger partial charge in [-0.05, 0) is 23.6 Å². The molecule has 0 spiro atoms. The predicted molar refractivity (Wildman–Crippen MR) is 88.1 cm³/mol. The van der Waals surface area contributed by atoms with Gasteiger partial charge >= 0.3 is 6.09 Å². The molecule has 1 amide bonds. The van der Waals surface area contributed by atoms with Crippen molar-refractivity contribution in [2.75, 3.05) is 6.54 Å². The van der Waals surface area contributed by atoms with Crippen LogP contribution in [0.3, 0.4) is 0 Å². The van der Waals surface area contributed by atoms with Crippen molar-refractivity contribution in [1.29, 1.82) is 0 Å². The van der Waals surface area contributed by atoms with E-state index in [4.69, 9.17) is 4.74 Å². The van der Waals surface area contributed by atoms with E-state index in [-0.39, 0.29) is 6.61 Å². The van der Waals surface area contributed by atoms with Gasteiger partial charge in [0.2, 0.25) is 0 Å². The van der Waals surface area contributed by atoms with Gasteiger partial charge in [-0.15, -0.1) is 0 Å². The van der Waals surface area contributed by atoms with Crippen molar-refractivity contribution in [1.82, 2.24) is 9.88 Å². The van der Waals surface area contributed by atoms with Gasteiger partial charge in [-0.1, -0.05) is 37.3 Å². The summed E-state index contributed by atoms with van der Waals surface area (Å²) in [5, 5.41) is 2.14. The fourth-order valence-electron chi connectivity index (χ4n) is 2.57. The van der Waals surface area contributed by atoms with E-state index in [1.165, 1.54) is 0 Å². The molecule has 1 N–H and O–H groups in total. The van der Waals surface area contributed by atoms with Gasteiger partial charge in [-0.3, -0.25) is 0 Å². The third-order valence-electron chi connectivity index (χ3n) is 3.78. The number of hydrogen-bond donors (Lipinski definition) is 1. The number of nitrogens with one attached hydrogen (secondary N) is 1. The van der Waals surface area contributed by atoms with Crippen LogP contribution in [-0.4, -0.2) is 23.1 Å². The number of carbonyl (C=O) groups excluding carboxylic acids is 1. The second kappa shape index (κ2) is 7.95. The van der Waals surface area contributed by atoms with Crippen molar-refractivity contribution >= 4 is 6.09 Å². The predicted octanol–water partition coefficient (Wildman–Crippen LogP) is 3.69. The van der Waals surface area contributed by atoms with E-state index in [1.807, 2.05) is 36.7 Å². The van der Waals surface area contributed by atoms with Crippen molar-refractivity contribution < 1.29 is 18.3 Å². The van der Waals surface area contributed by atoms with Crippen LogP contribution in [0.1, 0.15) is 23.7 Å². The van der Waals surface area contributed by atoms with Gasteiger partial charge in [0.05, 0.1) is 6.54 Å². The maximum absolute atomic E-state index is 14.1. The Kier molecular flexibility index (Phi) is 5.95. The lowest BCUT2D eigenvalue weighted by Gasteiger charge is -2.17. The number of alkyl halides is 2. The molecule has 0 atom stereocenters. The van der Waals surface area contributed by atoms with E-state index >= 15 is 0 Å². The first-order valence-electron chi connectivity index (χ1n) is 7.87. The van der Waals surface area contributed by atoms with Gasteiger partial charge in [0.25, 0.3) is 5.92 Å². The minimum Gasteiger partial charge on any atom is -0.445 e. The lowest BCUT2D eigenvalue weighted by atomic mass is 10.1. The number of ether oxygens (including phenoxy) is 1. The van der Waals surface area contributed by atoms with Gasteiger partial charge in [-0.2, -0.15) is 0 Å². The molecule has 130 valence electrons. The first kappa shape index (κ1) is 18.0. The Balaban J connectivity index is 1.82. The SMILES string of the molecule is CCc1c(CC(F)(F)CNC(=O)OCc2ccccc2)ccn1C. The summed E-state index contributed by atoms with van der Waals surface area (Å²) in [6.45, 7) is 1.23. The van der Waals surface area contributed by atoms with Crippen LogP contribution in [0.4, 0.5) is 13.6 Å². The van der Waals surface area contributed by atoms with E-state index in [9.17, 15) is 13.6 Å². The highest BCUT2D eigenvalue weighted by Gasteiger charge is 2.31. The van der Waals surface area contributed by atoms with E-state index in [2.05, 4.69) is 5.32 Å². The van der Waals surface area contributed by atoms with Gasteiger partial charge < -0.3 is 14.6 Å². The molecular formula is C18H22F2N2O2. The second-order valence-electron chi connectivity index (χ2n) is 5.70. The Morgan fingerprint density at radius 3 is 2.62 bits per heavy atom. The molecular weight excluding hydrogens is 314 g/mol. The van der Waals surface area contributed by atoms with Crippen molar-refractivity contribution in [3.05, 3.63) is 59.4 Å². The number of halogens is 2. The highest BCUT2D eigenvalue weighted by molar-refractivity contribution is 5.67. The Labute approximate surface area is 140 Å². The van der Waals surface area contributed by atoms with Crippen molar-refractivity contribution in [3.8, 4) is 0 Å². The van der Waals surface area contributed by atoms with Crippen LogP contribution in [0.2, 0.25) is 0 Å². The Hall–Kier alpha value is -2.37. The number of aromatic nitrogens is 1. The van der Waals surface area contributed by atoms with Crippen molar-refractivity contribution in [2.45, 2.75) is 32.3 Å². The minimum atomic E-state index is -3.03. The van der Waals surface area contributed by atoms with Gasteiger partial charge in [-0.25, -0.2) is 13.6 Å². The molecule has 0 fully saturated rings. The molecule has 0 aliphatic heterocycles. The summed E-state index contributed by atoms with van der Waals surface area (Å²) in [6.07, 6.45) is 1.20. The molecule has 2 aromatic rings. The average molecular weight is 336 g/mol. The molecule has 0 radical (unpaired) electrons. The standard InChI is InChI=1S/C18H22F2N2O2/c1-3-16-15(9-10-22(16)2)11-18(19,20)13-21-17(23)24-12-14-7-5-4-6-8-14/h4-10H,3,11-13H2,1-2H3,(H,21,23). The third kappa shape index (κ3) is 5.08. The summed E-state index contributed by atoms with van der Waals surface area (Å²) < 4.78 is 34.9. The molecule has 6 heteroatoms. The van der Waals surface area contributed by atoms with Crippen LogP contribution in [0.15, 0.2) is 42.6 Å².